The molecule has 0 aliphatic heterocycles. The topological polar surface area (TPSA) is 63.2 Å². The number of ketones is 1. The van der Waals surface area contributed by atoms with Crippen LogP contribution in [0.4, 0.5) is 0 Å². The first-order chi connectivity index (χ1) is 11.7. The van der Waals surface area contributed by atoms with Crippen LogP contribution in [0.3, 0.4) is 0 Å². The number of rotatable bonds is 9. The summed E-state index contributed by atoms with van der Waals surface area (Å²) in [4.78, 5) is 35.0. The van der Waals surface area contributed by atoms with Crippen molar-refractivity contribution in [2.75, 3.05) is 5.75 Å². The fraction of sp³-hybridized carbons (Fsp3) is 0.550. The molecule has 0 spiro atoms. The average molecular weight is 364 g/mol. The van der Waals surface area contributed by atoms with Crippen LogP contribution in [0.25, 0.3) is 0 Å². The zero-order valence-electron chi connectivity index (χ0n) is 15.8. The molecule has 1 amide bonds. The maximum atomic E-state index is 12.4. The Bertz CT molecular complexity index is 579. The number of Topliss-reactive ketones (excluding diaryl/α,β-unsaturated/α-hetero) is 1. The lowest BCUT2D eigenvalue weighted by atomic mass is 9.97. The Morgan fingerprint density at radius 1 is 1.04 bits per heavy atom. The summed E-state index contributed by atoms with van der Waals surface area (Å²) in [5, 5.41) is 2.79. The van der Waals surface area contributed by atoms with Crippen LogP contribution >= 0.6 is 11.8 Å². The van der Waals surface area contributed by atoms with Crippen molar-refractivity contribution in [2.45, 2.75) is 59.4 Å². The Balaban J connectivity index is 2.62. The first kappa shape index (κ1) is 21.4. The second-order valence-electron chi connectivity index (χ2n) is 6.99. The highest BCUT2D eigenvalue weighted by Crippen LogP contribution is 2.24. The van der Waals surface area contributed by atoms with Gasteiger partial charge in [-0.05, 0) is 30.4 Å². The van der Waals surface area contributed by atoms with Crippen molar-refractivity contribution in [3.63, 3.8) is 0 Å². The second kappa shape index (κ2) is 10.4. The van der Waals surface area contributed by atoms with Crippen molar-refractivity contribution in [1.82, 2.24) is 5.32 Å². The molecule has 1 N–H and O–H groups in total. The van der Waals surface area contributed by atoms with Gasteiger partial charge in [-0.15, -0.1) is 0 Å². The zero-order chi connectivity index (χ0) is 19.0. The average Bonchev–Trinajstić information content (AvgIpc) is 2.50. The molecule has 0 bridgehead atoms. The molecule has 25 heavy (non-hydrogen) atoms. The molecule has 0 radical (unpaired) electrons. The predicted molar refractivity (Wildman–Crippen MR) is 104 cm³/mol. The van der Waals surface area contributed by atoms with Gasteiger partial charge in [-0.3, -0.25) is 14.4 Å². The molecule has 1 rings (SSSR count). The van der Waals surface area contributed by atoms with Gasteiger partial charge in [0.25, 0.3) is 0 Å². The fourth-order valence-electron chi connectivity index (χ4n) is 2.64. The molecule has 0 aromatic heterocycles. The Hall–Kier alpha value is -1.62. The van der Waals surface area contributed by atoms with Gasteiger partial charge in [-0.1, -0.05) is 56.8 Å². The van der Waals surface area contributed by atoms with E-state index in [0.29, 0.717) is 11.7 Å². The summed E-state index contributed by atoms with van der Waals surface area (Å²) in [6.45, 7) is 9.17. The number of nitrogens with one attached hydrogen (secondary N) is 1. The normalized spacial score (nSPS) is 13.4. The molecule has 138 valence electrons. The number of hydrogen-bond donors (Lipinski definition) is 1. The summed E-state index contributed by atoms with van der Waals surface area (Å²) >= 11 is 1.18. The molecule has 5 heteroatoms. The Morgan fingerprint density at radius 2 is 1.64 bits per heavy atom. The molecule has 0 aliphatic carbocycles. The third-order valence-electron chi connectivity index (χ3n) is 3.85. The smallest absolute Gasteiger partial charge is 0.217 e. The summed E-state index contributed by atoms with van der Waals surface area (Å²) in [5.74, 6) is 0.614. The Morgan fingerprint density at radius 3 is 2.12 bits per heavy atom. The fourth-order valence-corrected chi connectivity index (χ4v) is 3.60. The quantitative estimate of drug-likeness (QED) is 0.726. The largest absolute Gasteiger partial charge is 0.352 e. The van der Waals surface area contributed by atoms with E-state index in [1.54, 1.807) is 0 Å². The van der Waals surface area contributed by atoms with Crippen molar-refractivity contribution in [1.29, 1.82) is 0 Å². The van der Waals surface area contributed by atoms with E-state index in [-0.39, 0.29) is 35.2 Å². The number of hydrogen-bond acceptors (Lipinski definition) is 4. The van der Waals surface area contributed by atoms with Crippen LogP contribution in [0.2, 0.25) is 0 Å². The lowest BCUT2D eigenvalue weighted by Gasteiger charge is -2.17. The second-order valence-corrected chi connectivity index (χ2v) is 8.02. The van der Waals surface area contributed by atoms with E-state index in [1.807, 2.05) is 19.1 Å². The van der Waals surface area contributed by atoms with Crippen LogP contribution in [0, 0.1) is 5.92 Å². The van der Waals surface area contributed by atoms with Gasteiger partial charge in [0.1, 0.15) is 5.78 Å². The van der Waals surface area contributed by atoms with E-state index in [9.17, 15) is 14.4 Å². The highest BCUT2D eigenvalue weighted by molar-refractivity contribution is 8.13. The van der Waals surface area contributed by atoms with Crippen molar-refractivity contribution >= 4 is 28.6 Å². The summed E-state index contributed by atoms with van der Waals surface area (Å²) in [6, 6.07) is 7.90. The van der Waals surface area contributed by atoms with Gasteiger partial charge in [-0.2, -0.15) is 0 Å². The summed E-state index contributed by atoms with van der Waals surface area (Å²) in [5.41, 5.74) is 2.27. The van der Waals surface area contributed by atoms with Crippen LogP contribution in [-0.4, -0.2) is 28.6 Å². The molecule has 2 atom stereocenters. The first-order valence-electron chi connectivity index (χ1n) is 8.71. The maximum Gasteiger partial charge on any atom is 0.217 e. The molecule has 0 aliphatic rings. The molecule has 1 aromatic carbocycles. The van der Waals surface area contributed by atoms with Gasteiger partial charge in [0.05, 0.1) is 5.92 Å². The summed E-state index contributed by atoms with van der Waals surface area (Å²) < 4.78 is 0. The molecule has 0 saturated carbocycles. The molecule has 0 fully saturated rings. The third kappa shape index (κ3) is 8.34. The van der Waals surface area contributed by atoms with E-state index in [0.717, 1.165) is 12.0 Å². The third-order valence-corrected chi connectivity index (χ3v) is 5.05. The highest BCUT2D eigenvalue weighted by Gasteiger charge is 2.19. The first-order valence-corrected chi connectivity index (χ1v) is 9.69. The standard InChI is InChI=1S/C20H29NO3S/c1-13(2)10-17-6-8-18(9-7-17)15(4)20(24)25-12-19(11-14(3)22)21-16(5)23/h6-9,13,15,19H,10-12H2,1-5H3,(H,21,23). The van der Waals surface area contributed by atoms with Crippen LogP contribution < -0.4 is 5.32 Å². The van der Waals surface area contributed by atoms with Crippen molar-refractivity contribution in [2.24, 2.45) is 5.92 Å². The Labute approximate surface area is 155 Å². The lowest BCUT2D eigenvalue weighted by molar-refractivity contribution is -0.120. The molecular formula is C20H29NO3S. The van der Waals surface area contributed by atoms with Gasteiger partial charge >= 0.3 is 0 Å². The number of carbonyl (C=O) groups excluding carboxylic acids is 3. The van der Waals surface area contributed by atoms with Crippen molar-refractivity contribution in [3.05, 3.63) is 35.4 Å². The number of benzene rings is 1. The molecule has 2 unspecified atom stereocenters. The SMILES string of the molecule is CC(=O)CC(CSC(=O)C(C)c1ccc(CC(C)C)cc1)NC(C)=O. The minimum absolute atomic E-state index is 0.000545. The summed E-state index contributed by atoms with van der Waals surface area (Å²) in [7, 11) is 0. The minimum atomic E-state index is -0.301. The highest BCUT2D eigenvalue weighted by atomic mass is 32.2. The van der Waals surface area contributed by atoms with Gasteiger partial charge in [-0.25, -0.2) is 0 Å². The van der Waals surface area contributed by atoms with Crippen LogP contribution in [0.5, 0.6) is 0 Å². The molecule has 1 aromatic rings. The van der Waals surface area contributed by atoms with Crippen molar-refractivity contribution < 1.29 is 14.4 Å². The van der Waals surface area contributed by atoms with Gasteiger partial charge in [0.15, 0.2) is 5.12 Å². The van der Waals surface area contributed by atoms with E-state index >= 15 is 0 Å². The van der Waals surface area contributed by atoms with Gasteiger partial charge < -0.3 is 5.32 Å². The lowest BCUT2D eigenvalue weighted by Crippen LogP contribution is -2.36. The van der Waals surface area contributed by atoms with Crippen LogP contribution in [0.15, 0.2) is 24.3 Å². The minimum Gasteiger partial charge on any atom is -0.352 e. The van der Waals surface area contributed by atoms with E-state index in [4.69, 9.17) is 0 Å². The van der Waals surface area contributed by atoms with Crippen LogP contribution in [-0.2, 0) is 20.8 Å². The summed E-state index contributed by atoms with van der Waals surface area (Å²) in [6.07, 6.45) is 1.28. The monoisotopic (exact) mass is 363 g/mol. The van der Waals surface area contributed by atoms with E-state index in [1.165, 1.54) is 31.2 Å². The predicted octanol–water partition coefficient (Wildman–Crippen LogP) is 3.73. The molecule has 0 saturated heterocycles. The van der Waals surface area contributed by atoms with Crippen molar-refractivity contribution in [3.8, 4) is 0 Å². The number of amides is 1. The maximum absolute atomic E-state index is 12.4. The Kier molecular flexibility index (Phi) is 8.90. The molecule has 4 nitrogen and oxygen atoms in total. The number of carbonyl (C=O) groups is 3. The number of thioether (sulfide) groups is 1. The van der Waals surface area contributed by atoms with E-state index < -0.39 is 0 Å². The molecular weight excluding hydrogens is 334 g/mol. The molecule has 0 heterocycles. The zero-order valence-corrected chi connectivity index (χ0v) is 16.6. The van der Waals surface area contributed by atoms with Gasteiger partial charge in [0.2, 0.25) is 5.91 Å². The van der Waals surface area contributed by atoms with Gasteiger partial charge in [0, 0.05) is 25.1 Å². The van der Waals surface area contributed by atoms with E-state index in [2.05, 4.69) is 31.3 Å². The van der Waals surface area contributed by atoms with Crippen LogP contribution in [0.1, 0.15) is 58.1 Å².